The maximum Gasteiger partial charge on any atom is 0.271 e. The van der Waals surface area contributed by atoms with E-state index >= 15 is 0 Å². The van der Waals surface area contributed by atoms with Crippen molar-refractivity contribution in [1.29, 1.82) is 0 Å². The maximum atomic E-state index is 13.1. The van der Waals surface area contributed by atoms with Gasteiger partial charge in [-0.05, 0) is 19.1 Å². The zero-order chi connectivity index (χ0) is 18.6. The van der Waals surface area contributed by atoms with E-state index in [1.807, 2.05) is 37.1 Å². The van der Waals surface area contributed by atoms with E-state index in [4.69, 9.17) is 12.2 Å². The summed E-state index contributed by atoms with van der Waals surface area (Å²) < 4.78 is 3.54. The second-order valence-corrected chi connectivity index (χ2v) is 9.45. The summed E-state index contributed by atoms with van der Waals surface area (Å²) in [6, 6.07) is 8.08. The zero-order valence-electron chi connectivity index (χ0n) is 14.3. The normalized spacial score (nSPS) is 21.0. The van der Waals surface area contributed by atoms with E-state index in [0.29, 0.717) is 25.0 Å². The van der Waals surface area contributed by atoms with Gasteiger partial charge in [-0.25, -0.2) is 0 Å². The first-order valence-electron chi connectivity index (χ1n) is 7.92. The van der Waals surface area contributed by atoms with E-state index < -0.39 is 0 Å². The van der Waals surface area contributed by atoms with Crippen LogP contribution in [0.5, 0.6) is 0 Å². The monoisotopic (exact) mass is 421 g/mol. The van der Waals surface area contributed by atoms with E-state index in [0.717, 1.165) is 15.6 Å². The Balaban J connectivity index is 2.01. The standard InChI is InChI=1S/C17H15N3O2S4/c1-4-20-14(22)12(15-18(2)9-7-5-6-8-10(9)24-15)25-16(20)11-13(21)19(3)17(23)26-11/h5-8H,4H2,1-3H3/b15-12-,16-11?. The molecule has 0 saturated carbocycles. The predicted molar refractivity (Wildman–Crippen MR) is 114 cm³/mol. The molecule has 1 aromatic heterocycles. The molecule has 1 amide bonds. The van der Waals surface area contributed by atoms with Crippen molar-refractivity contribution in [1.82, 2.24) is 9.47 Å². The van der Waals surface area contributed by atoms with Gasteiger partial charge in [-0.15, -0.1) is 11.3 Å². The van der Waals surface area contributed by atoms with Crippen LogP contribution in [0.25, 0.3) is 9.93 Å². The molecule has 4 rings (SSSR count). The van der Waals surface area contributed by atoms with Gasteiger partial charge < -0.3 is 4.90 Å². The minimum absolute atomic E-state index is 0.0592. The van der Waals surface area contributed by atoms with E-state index in [-0.39, 0.29) is 11.5 Å². The first-order chi connectivity index (χ1) is 12.4. The highest BCUT2D eigenvalue weighted by molar-refractivity contribution is 8.30. The lowest BCUT2D eigenvalue weighted by atomic mass is 10.3. The molecule has 2 aromatic rings. The van der Waals surface area contributed by atoms with Gasteiger partial charge in [0, 0.05) is 25.5 Å². The molecule has 0 bridgehead atoms. The summed E-state index contributed by atoms with van der Waals surface area (Å²) in [5.74, 6) is -0.143. The second-order valence-electron chi connectivity index (χ2n) is 5.78. The Bertz CT molecular complexity index is 1130. The fourth-order valence-corrected chi connectivity index (χ4v) is 6.72. The highest BCUT2D eigenvalue weighted by Crippen LogP contribution is 2.45. The summed E-state index contributed by atoms with van der Waals surface area (Å²) in [7, 11) is 3.63. The van der Waals surface area contributed by atoms with Gasteiger partial charge in [-0.3, -0.25) is 19.1 Å². The third-order valence-electron chi connectivity index (χ3n) is 4.29. The number of thiocarbonyl (C=S) groups is 1. The van der Waals surface area contributed by atoms with E-state index in [9.17, 15) is 9.59 Å². The van der Waals surface area contributed by atoms with Gasteiger partial charge in [-0.1, -0.05) is 47.9 Å². The number of carbonyl (C=O) groups excluding carboxylic acids is 1. The fourth-order valence-electron chi connectivity index (χ4n) is 2.87. The van der Waals surface area contributed by atoms with Crippen LogP contribution in [0.2, 0.25) is 0 Å². The number of fused-ring (bicyclic) bond motifs is 1. The van der Waals surface area contributed by atoms with Crippen molar-refractivity contribution >= 4 is 72.9 Å². The van der Waals surface area contributed by atoms with E-state index in [2.05, 4.69) is 6.07 Å². The molecule has 2 aliphatic heterocycles. The summed E-state index contributed by atoms with van der Waals surface area (Å²) in [5, 5.41) is 0.904. The third kappa shape index (κ3) is 2.57. The number of hydrogen-bond acceptors (Lipinski definition) is 7. The average molecular weight is 422 g/mol. The van der Waals surface area contributed by atoms with Crippen molar-refractivity contribution in [3.05, 3.63) is 43.8 Å². The number of thioether (sulfide) groups is 2. The first-order valence-corrected chi connectivity index (χ1v) is 10.8. The molecule has 5 nitrogen and oxygen atoms in total. The molecule has 3 heterocycles. The number of para-hydroxylation sites is 1. The van der Waals surface area contributed by atoms with Crippen molar-refractivity contribution < 1.29 is 4.79 Å². The summed E-state index contributed by atoms with van der Waals surface area (Å²) in [5.41, 5.74) is 1.03. The third-order valence-corrected chi connectivity index (χ3v) is 8.52. The number of benzene rings is 1. The number of anilines is 1. The summed E-state index contributed by atoms with van der Waals surface area (Å²) >= 11 is 9.46. The summed E-state index contributed by atoms with van der Waals surface area (Å²) in [4.78, 5) is 30.7. The number of amides is 1. The number of thiazole rings is 1. The molecule has 0 atom stereocenters. The molecule has 0 spiro atoms. The first kappa shape index (κ1) is 17.8. The van der Waals surface area contributed by atoms with Crippen LogP contribution < -0.4 is 19.7 Å². The number of rotatable bonds is 1. The zero-order valence-corrected chi connectivity index (χ0v) is 17.6. The van der Waals surface area contributed by atoms with Crippen LogP contribution in [0.1, 0.15) is 6.92 Å². The van der Waals surface area contributed by atoms with E-state index in [1.165, 1.54) is 28.0 Å². The van der Waals surface area contributed by atoms with Gasteiger partial charge in [-0.2, -0.15) is 0 Å². The molecule has 0 aliphatic carbocycles. The summed E-state index contributed by atoms with van der Waals surface area (Å²) in [6.45, 7) is 2.42. The van der Waals surface area contributed by atoms with Gasteiger partial charge in [0.1, 0.15) is 23.4 Å². The molecule has 0 unspecified atom stereocenters. The largest absolute Gasteiger partial charge is 0.337 e. The van der Waals surface area contributed by atoms with Crippen LogP contribution >= 0.6 is 47.1 Å². The topological polar surface area (TPSA) is 45.6 Å². The van der Waals surface area contributed by atoms with Crippen LogP contribution in [0.15, 0.2) is 34.0 Å². The van der Waals surface area contributed by atoms with Crippen molar-refractivity contribution in [2.75, 3.05) is 19.0 Å². The minimum atomic E-state index is -0.143. The predicted octanol–water partition coefficient (Wildman–Crippen LogP) is 1.84. The van der Waals surface area contributed by atoms with E-state index in [1.54, 1.807) is 23.4 Å². The van der Waals surface area contributed by atoms with Crippen molar-refractivity contribution in [2.24, 2.45) is 0 Å². The maximum absolute atomic E-state index is 13.1. The number of carbonyl (C=O) groups is 1. The molecular formula is C17H15N3O2S4. The Hall–Kier alpha value is -1.55. The smallest absolute Gasteiger partial charge is 0.271 e. The molecule has 26 heavy (non-hydrogen) atoms. The summed E-state index contributed by atoms with van der Waals surface area (Å²) in [6.07, 6.45) is 0. The minimum Gasteiger partial charge on any atom is -0.337 e. The average Bonchev–Trinajstić information content (AvgIpc) is 3.23. The molecule has 134 valence electrons. The molecule has 1 saturated heterocycles. The molecule has 1 fully saturated rings. The Morgan fingerprint density at radius 2 is 1.81 bits per heavy atom. The molecule has 9 heteroatoms. The van der Waals surface area contributed by atoms with Gasteiger partial charge >= 0.3 is 0 Å². The number of nitrogens with zero attached hydrogens (tertiary/aromatic N) is 3. The van der Waals surface area contributed by atoms with Gasteiger partial charge in [0.2, 0.25) is 0 Å². The number of aromatic nitrogens is 1. The highest BCUT2D eigenvalue weighted by atomic mass is 32.2. The van der Waals surface area contributed by atoms with Crippen molar-refractivity contribution in [2.45, 2.75) is 18.4 Å². The van der Waals surface area contributed by atoms with Crippen LogP contribution in [-0.2, 0) is 11.3 Å². The lowest BCUT2D eigenvalue weighted by molar-refractivity contribution is -0.119. The molecule has 0 radical (unpaired) electrons. The van der Waals surface area contributed by atoms with Gasteiger partial charge in [0.15, 0.2) is 0 Å². The SMILES string of the molecule is CCn1c(=C2SC(=S)N(C)C2=O)s/c(=C2\Sc3ccccc3N2C)c1=O. The van der Waals surface area contributed by atoms with Crippen LogP contribution in [0.4, 0.5) is 5.69 Å². The van der Waals surface area contributed by atoms with Crippen LogP contribution in [-0.4, -0.2) is 33.8 Å². The van der Waals surface area contributed by atoms with Gasteiger partial charge in [0.25, 0.3) is 11.5 Å². The second kappa shape index (κ2) is 6.56. The Labute approximate surface area is 168 Å². The van der Waals surface area contributed by atoms with Gasteiger partial charge in [0.05, 0.1) is 5.69 Å². The Kier molecular flexibility index (Phi) is 4.50. The number of hydrogen-bond donors (Lipinski definition) is 0. The quantitative estimate of drug-likeness (QED) is 0.655. The molecule has 2 aliphatic rings. The molecule has 0 N–H and O–H groups in total. The molecular weight excluding hydrogens is 406 g/mol. The van der Waals surface area contributed by atoms with Crippen LogP contribution in [0.3, 0.4) is 0 Å². The highest BCUT2D eigenvalue weighted by Gasteiger charge is 2.32. The molecule has 1 aromatic carbocycles. The lowest BCUT2D eigenvalue weighted by Gasteiger charge is -2.11. The van der Waals surface area contributed by atoms with Crippen LogP contribution in [0, 0.1) is 0 Å². The Morgan fingerprint density at radius 1 is 1.08 bits per heavy atom. The lowest BCUT2D eigenvalue weighted by Crippen LogP contribution is -2.34. The van der Waals surface area contributed by atoms with Crippen molar-refractivity contribution in [3.63, 3.8) is 0 Å². The van der Waals surface area contributed by atoms with Crippen molar-refractivity contribution in [3.8, 4) is 0 Å². The Morgan fingerprint density at radius 3 is 2.42 bits per heavy atom. The fraction of sp³-hybridized carbons (Fsp3) is 0.235.